The molecule has 0 saturated carbocycles. The van der Waals surface area contributed by atoms with E-state index < -0.39 is 0 Å². The van der Waals surface area contributed by atoms with E-state index in [1.165, 1.54) is 39.1 Å². The van der Waals surface area contributed by atoms with E-state index >= 15 is 0 Å². The number of rotatable bonds is 3. The summed E-state index contributed by atoms with van der Waals surface area (Å²) in [5.41, 5.74) is 11.3. The number of nitrogens with zero attached hydrogens (tertiary/aromatic N) is 2. The van der Waals surface area contributed by atoms with Gasteiger partial charge in [0.15, 0.2) is 0 Å². The molecule has 2 aromatic rings. The second kappa shape index (κ2) is 16.2. The Labute approximate surface area is 282 Å². The summed E-state index contributed by atoms with van der Waals surface area (Å²) >= 11 is 0. The van der Waals surface area contributed by atoms with Gasteiger partial charge in [-0.15, -0.1) is 0 Å². The van der Waals surface area contributed by atoms with Gasteiger partial charge in [-0.3, -0.25) is 0 Å². The lowest BCUT2D eigenvalue weighted by molar-refractivity contribution is -0.0124. The van der Waals surface area contributed by atoms with Crippen LogP contribution in [-0.4, -0.2) is 35.0 Å². The molecular formula is C44H60N2. The Morgan fingerprint density at radius 2 is 1.48 bits per heavy atom. The summed E-state index contributed by atoms with van der Waals surface area (Å²) in [5.74, 6) is 0.589. The molecule has 3 aliphatic heterocycles. The van der Waals surface area contributed by atoms with Crippen LogP contribution in [0.25, 0.3) is 11.3 Å². The van der Waals surface area contributed by atoms with Gasteiger partial charge in [0.1, 0.15) is 0 Å². The maximum Gasteiger partial charge on any atom is 0.0698 e. The molecule has 1 fully saturated rings. The molecule has 0 bridgehead atoms. The lowest BCUT2D eigenvalue weighted by Gasteiger charge is -2.62. The molecule has 4 aliphatic rings. The summed E-state index contributed by atoms with van der Waals surface area (Å²) in [6.45, 7) is 25.0. The predicted molar refractivity (Wildman–Crippen MR) is 204 cm³/mol. The summed E-state index contributed by atoms with van der Waals surface area (Å²) in [4.78, 5) is 4.90. The standard InChI is InChI=1S/C20H27N.C20H21N.2C2H6/c1-6-13-20(5)16-11-9-10-15(2)18(16)17-12-7-8-14-21(17)19(20,3)4;1-15-9-7-8-12-18(15)20-13-16(2)19(14-21(20)3)17-10-5-4-6-11-17;2*1-2/h6-10,12-14,16-17H,11H2,1-5H3;4-13H,14H2,1-3H3;2*1-2H3. The Hall–Kier alpha value is -3.78. The first kappa shape index (κ1) is 36.7. The van der Waals surface area contributed by atoms with Crippen LogP contribution in [0.5, 0.6) is 0 Å². The Kier molecular flexibility index (Phi) is 12.9. The van der Waals surface area contributed by atoms with E-state index in [9.17, 15) is 0 Å². The molecule has 2 nitrogen and oxygen atoms in total. The number of hydrogen-bond acceptors (Lipinski definition) is 2. The smallest absolute Gasteiger partial charge is 0.0698 e. The fourth-order valence-corrected chi connectivity index (χ4v) is 7.49. The molecule has 2 aromatic carbocycles. The molecule has 0 spiro atoms. The second-order valence-electron chi connectivity index (χ2n) is 13.0. The number of likely N-dealkylation sites (N-methyl/N-ethyl adjacent to an activating group) is 1. The van der Waals surface area contributed by atoms with E-state index in [4.69, 9.17) is 0 Å². The zero-order valence-electron chi connectivity index (χ0n) is 30.9. The summed E-state index contributed by atoms with van der Waals surface area (Å²) < 4.78 is 0. The van der Waals surface area contributed by atoms with Crippen molar-refractivity contribution in [2.24, 2.45) is 11.3 Å². The van der Waals surface area contributed by atoms with Crippen molar-refractivity contribution in [3.63, 3.8) is 0 Å². The highest BCUT2D eigenvalue weighted by molar-refractivity contribution is 5.81. The molecule has 0 radical (unpaired) electrons. The van der Waals surface area contributed by atoms with Crippen LogP contribution in [0.2, 0.25) is 0 Å². The molecule has 6 rings (SSSR count). The van der Waals surface area contributed by atoms with Gasteiger partial charge in [-0.25, -0.2) is 0 Å². The number of fused-ring (bicyclic) bond motifs is 3. The summed E-state index contributed by atoms with van der Waals surface area (Å²) in [7, 11) is 2.17. The maximum absolute atomic E-state index is 2.56. The van der Waals surface area contributed by atoms with Crippen molar-refractivity contribution in [3.8, 4) is 0 Å². The second-order valence-corrected chi connectivity index (χ2v) is 13.0. The first-order chi connectivity index (χ1) is 22.1. The highest BCUT2D eigenvalue weighted by Crippen LogP contribution is 2.56. The summed E-state index contributed by atoms with van der Waals surface area (Å²) in [6, 6.07) is 19.7. The van der Waals surface area contributed by atoms with Crippen LogP contribution in [-0.2, 0) is 0 Å². The molecule has 246 valence electrons. The predicted octanol–water partition coefficient (Wildman–Crippen LogP) is 11.8. The Bertz CT molecular complexity index is 1520. The van der Waals surface area contributed by atoms with E-state index in [0.717, 1.165) is 13.0 Å². The zero-order chi connectivity index (χ0) is 34.1. The normalized spacial score (nSPS) is 24.1. The first-order valence-electron chi connectivity index (χ1n) is 17.5. The van der Waals surface area contributed by atoms with Crippen LogP contribution in [0.15, 0.2) is 126 Å². The number of hydrogen-bond donors (Lipinski definition) is 0. The van der Waals surface area contributed by atoms with Crippen molar-refractivity contribution in [2.75, 3.05) is 13.6 Å². The van der Waals surface area contributed by atoms with Gasteiger partial charge in [0, 0.05) is 42.0 Å². The molecule has 1 aliphatic carbocycles. The van der Waals surface area contributed by atoms with Crippen LogP contribution in [0, 0.1) is 18.3 Å². The molecule has 3 unspecified atom stereocenters. The molecule has 3 heterocycles. The van der Waals surface area contributed by atoms with Gasteiger partial charge in [-0.1, -0.05) is 126 Å². The molecule has 0 aromatic heterocycles. The minimum absolute atomic E-state index is 0.0884. The maximum atomic E-state index is 2.56. The summed E-state index contributed by atoms with van der Waals surface area (Å²) in [5, 5.41) is 0. The van der Waals surface area contributed by atoms with E-state index in [1.54, 1.807) is 5.57 Å². The largest absolute Gasteiger partial charge is 0.370 e. The van der Waals surface area contributed by atoms with E-state index in [-0.39, 0.29) is 11.0 Å². The molecule has 2 heteroatoms. The number of aryl methyl sites for hydroxylation is 1. The van der Waals surface area contributed by atoms with Crippen LogP contribution in [0.1, 0.15) is 92.3 Å². The SMILES string of the molecule is CC.CC.CC1=C(c2ccccc2)CN(C)C(c2ccccc2C)=C1.CC=CC1(C)C2CC=CC(C)=C2C2C=CC=CN2C1(C)C. The third-order valence-corrected chi connectivity index (χ3v) is 10.2. The van der Waals surface area contributed by atoms with E-state index in [0.29, 0.717) is 12.0 Å². The van der Waals surface area contributed by atoms with Gasteiger partial charge in [0.25, 0.3) is 0 Å². The van der Waals surface area contributed by atoms with Crippen molar-refractivity contribution in [3.05, 3.63) is 143 Å². The van der Waals surface area contributed by atoms with Gasteiger partial charge in [-0.05, 0) is 99.5 Å². The highest BCUT2D eigenvalue weighted by atomic mass is 15.2. The number of piperidine rings is 1. The number of allylic oxidation sites excluding steroid dienone is 8. The quantitative estimate of drug-likeness (QED) is 0.317. The van der Waals surface area contributed by atoms with Crippen LogP contribution in [0.4, 0.5) is 0 Å². The average Bonchev–Trinajstić information content (AvgIpc) is 3.08. The van der Waals surface area contributed by atoms with Gasteiger partial charge in [0.2, 0.25) is 0 Å². The molecule has 3 atom stereocenters. The van der Waals surface area contributed by atoms with E-state index in [1.807, 2.05) is 27.7 Å². The van der Waals surface area contributed by atoms with Crippen LogP contribution >= 0.6 is 0 Å². The third kappa shape index (κ3) is 7.12. The van der Waals surface area contributed by atoms with Gasteiger partial charge in [-0.2, -0.15) is 0 Å². The molecular weight excluding hydrogens is 556 g/mol. The highest BCUT2D eigenvalue weighted by Gasteiger charge is 2.56. The molecule has 0 N–H and O–H groups in total. The van der Waals surface area contributed by atoms with Gasteiger partial charge < -0.3 is 9.80 Å². The van der Waals surface area contributed by atoms with Crippen molar-refractivity contribution in [2.45, 2.75) is 94.2 Å². The third-order valence-electron chi connectivity index (χ3n) is 10.2. The Morgan fingerprint density at radius 3 is 2.13 bits per heavy atom. The Morgan fingerprint density at radius 1 is 0.826 bits per heavy atom. The minimum atomic E-state index is 0.0884. The first-order valence-corrected chi connectivity index (χ1v) is 17.5. The molecule has 46 heavy (non-hydrogen) atoms. The Balaban J connectivity index is 0.000000226. The van der Waals surface area contributed by atoms with Crippen LogP contribution in [0.3, 0.4) is 0 Å². The monoisotopic (exact) mass is 616 g/mol. The summed E-state index contributed by atoms with van der Waals surface area (Å²) in [6.07, 6.45) is 21.8. The average molecular weight is 617 g/mol. The lowest BCUT2D eigenvalue weighted by atomic mass is 9.54. The molecule has 0 amide bonds. The van der Waals surface area contributed by atoms with Crippen molar-refractivity contribution in [1.82, 2.24) is 9.80 Å². The fraction of sp³-hybridized carbons (Fsp3) is 0.409. The number of benzene rings is 2. The van der Waals surface area contributed by atoms with Gasteiger partial charge in [0.05, 0.1) is 6.04 Å². The lowest BCUT2D eigenvalue weighted by Crippen LogP contribution is -2.64. The van der Waals surface area contributed by atoms with Gasteiger partial charge >= 0.3 is 0 Å². The molecule has 1 saturated heterocycles. The fourth-order valence-electron chi connectivity index (χ4n) is 7.49. The van der Waals surface area contributed by atoms with Crippen molar-refractivity contribution >= 4 is 11.3 Å². The zero-order valence-corrected chi connectivity index (χ0v) is 30.9. The van der Waals surface area contributed by atoms with Crippen LogP contribution < -0.4 is 0 Å². The minimum Gasteiger partial charge on any atom is -0.370 e. The van der Waals surface area contributed by atoms with Crippen molar-refractivity contribution < 1.29 is 0 Å². The van der Waals surface area contributed by atoms with E-state index in [2.05, 4.69) is 175 Å². The topological polar surface area (TPSA) is 6.48 Å². The van der Waals surface area contributed by atoms with Crippen molar-refractivity contribution in [1.29, 1.82) is 0 Å².